The smallest absolute Gasteiger partial charge is 0.244 e. The van der Waals surface area contributed by atoms with Crippen molar-refractivity contribution in [3.8, 4) is 0 Å². The first-order valence-electron chi connectivity index (χ1n) is 7.02. The lowest BCUT2D eigenvalue weighted by Crippen LogP contribution is -2.39. The predicted molar refractivity (Wildman–Crippen MR) is 79.5 cm³/mol. The number of halogens is 1. The summed E-state index contributed by atoms with van der Waals surface area (Å²) in [6, 6.07) is 6.37. The first kappa shape index (κ1) is 14.8. The van der Waals surface area contributed by atoms with Crippen LogP contribution in [0.15, 0.2) is 29.2 Å². The Morgan fingerprint density at radius 3 is 2.76 bits per heavy atom. The zero-order chi connectivity index (χ0) is 15.0. The Bertz CT molecular complexity index is 662. The Kier molecular flexibility index (Phi) is 3.94. The highest BCUT2D eigenvalue weighted by molar-refractivity contribution is 7.89. The monoisotopic (exact) mass is 328 g/mol. The molecular weight excluding hydrogens is 312 g/mol. The van der Waals surface area contributed by atoms with Crippen LogP contribution in [0.3, 0.4) is 0 Å². The molecule has 0 aliphatic carbocycles. The van der Waals surface area contributed by atoms with Gasteiger partial charge in [-0.05, 0) is 30.9 Å². The minimum absolute atomic E-state index is 0.0134. The zero-order valence-corrected chi connectivity index (χ0v) is 13.0. The molecule has 2 aliphatic rings. The average Bonchev–Trinajstić information content (AvgIpc) is 2.75. The third-order valence-electron chi connectivity index (χ3n) is 4.19. The topological polar surface area (TPSA) is 66.5 Å². The lowest BCUT2D eigenvalue weighted by Gasteiger charge is -2.17. The van der Waals surface area contributed by atoms with Crippen LogP contribution in [-0.2, 0) is 14.8 Å². The van der Waals surface area contributed by atoms with E-state index in [-0.39, 0.29) is 27.8 Å². The fraction of sp³-hybridized carbons (Fsp3) is 0.500. The number of carbonyl (C=O) groups is 1. The van der Waals surface area contributed by atoms with E-state index in [2.05, 4.69) is 5.32 Å². The van der Waals surface area contributed by atoms with E-state index in [9.17, 15) is 13.2 Å². The van der Waals surface area contributed by atoms with Gasteiger partial charge in [-0.2, -0.15) is 4.31 Å². The maximum atomic E-state index is 12.7. The molecule has 1 amide bonds. The van der Waals surface area contributed by atoms with Crippen molar-refractivity contribution in [1.29, 1.82) is 0 Å². The molecule has 2 heterocycles. The van der Waals surface area contributed by atoms with Gasteiger partial charge in [0.1, 0.15) is 4.90 Å². The number of hydrogen-bond acceptors (Lipinski definition) is 3. The molecule has 1 aromatic rings. The number of nitrogens with zero attached hydrogens (tertiary/aromatic N) is 1. The third-order valence-corrected chi connectivity index (χ3v) is 6.52. The van der Waals surface area contributed by atoms with Crippen LogP contribution in [0.5, 0.6) is 0 Å². The molecule has 0 aromatic heterocycles. The average molecular weight is 329 g/mol. The Labute approximate surface area is 129 Å². The summed E-state index contributed by atoms with van der Waals surface area (Å²) in [5.41, 5.74) is 0. The second kappa shape index (κ2) is 5.59. The minimum Gasteiger partial charge on any atom is -0.352 e. The van der Waals surface area contributed by atoms with Gasteiger partial charge in [0, 0.05) is 25.6 Å². The normalized spacial score (nSPS) is 27.0. The largest absolute Gasteiger partial charge is 0.352 e. The van der Waals surface area contributed by atoms with Crippen molar-refractivity contribution in [3.63, 3.8) is 0 Å². The summed E-state index contributed by atoms with van der Waals surface area (Å²) in [6.45, 7) is 0.766. The van der Waals surface area contributed by atoms with Crippen molar-refractivity contribution in [2.24, 2.45) is 5.92 Å². The van der Waals surface area contributed by atoms with E-state index in [4.69, 9.17) is 11.6 Å². The molecule has 0 bridgehead atoms. The highest BCUT2D eigenvalue weighted by Gasteiger charge is 2.41. The molecule has 1 N–H and O–H groups in total. The van der Waals surface area contributed by atoms with Crippen LogP contribution in [0.4, 0.5) is 0 Å². The van der Waals surface area contributed by atoms with Crippen molar-refractivity contribution in [2.45, 2.75) is 30.2 Å². The van der Waals surface area contributed by atoms with Crippen LogP contribution in [0, 0.1) is 5.92 Å². The molecule has 21 heavy (non-hydrogen) atoms. The van der Waals surface area contributed by atoms with Gasteiger partial charge >= 0.3 is 0 Å². The summed E-state index contributed by atoms with van der Waals surface area (Å²) < 4.78 is 26.8. The Morgan fingerprint density at radius 1 is 1.24 bits per heavy atom. The van der Waals surface area contributed by atoms with Crippen LogP contribution >= 0.6 is 11.6 Å². The Morgan fingerprint density at radius 2 is 2.00 bits per heavy atom. The summed E-state index contributed by atoms with van der Waals surface area (Å²) in [4.78, 5) is 11.7. The Hall–Kier alpha value is -1.11. The van der Waals surface area contributed by atoms with Gasteiger partial charge in [-0.1, -0.05) is 23.7 Å². The van der Waals surface area contributed by atoms with E-state index < -0.39 is 10.0 Å². The number of nitrogens with one attached hydrogen (secondary N) is 1. The van der Waals surface area contributed by atoms with Gasteiger partial charge in [-0.25, -0.2) is 8.42 Å². The fourth-order valence-electron chi connectivity index (χ4n) is 3.08. The summed E-state index contributed by atoms with van der Waals surface area (Å²) >= 11 is 6.01. The van der Waals surface area contributed by atoms with Crippen molar-refractivity contribution in [1.82, 2.24) is 9.62 Å². The van der Waals surface area contributed by atoms with E-state index in [0.717, 1.165) is 12.8 Å². The van der Waals surface area contributed by atoms with Gasteiger partial charge < -0.3 is 5.32 Å². The van der Waals surface area contributed by atoms with Gasteiger partial charge in [0.05, 0.1) is 5.02 Å². The molecule has 1 aromatic carbocycles. The summed E-state index contributed by atoms with van der Waals surface area (Å²) in [5.74, 6) is 0.202. The number of carbonyl (C=O) groups excluding carboxylic acids is 1. The standard InChI is InChI=1S/C14H17ClN2O3S/c15-11-5-1-2-6-13(11)21(19,20)17-8-10-4-3-7-14(18)16-12(10)9-17/h1-2,5-6,10,12H,3-4,7-9H2,(H,16,18). The molecule has 2 aliphatic heterocycles. The quantitative estimate of drug-likeness (QED) is 0.897. The van der Waals surface area contributed by atoms with Crippen LogP contribution in [0.1, 0.15) is 19.3 Å². The molecule has 0 radical (unpaired) electrons. The van der Waals surface area contributed by atoms with E-state index in [1.165, 1.54) is 10.4 Å². The summed E-state index contributed by atoms with van der Waals surface area (Å²) in [6.07, 6.45) is 2.22. The SMILES string of the molecule is O=C1CCCC2CN(S(=O)(=O)c3ccccc3Cl)CC2N1. The molecule has 2 fully saturated rings. The van der Waals surface area contributed by atoms with E-state index in [1.54, 1.807) is 18.2 Å². The lowest BCUT2D eigenvalue weighted by molar-refractivity contribution is -0.121. The van der Waals surface area contributed by atoms with Crippen LogP contribution in [0.2, 0.25) is 5.02 Å². The van der Waals surface area contributed by atoms with Gasteiger partial charge in [0.15, 0.2) is 0 Å². The Balaban J connectivity index is 1.86. The molecule has 2 saturated heterocycles. The van der Waals surface area contributed by atoms with Crippen LogP contribution < -0.4 is 5.32 Å². The van der Waals surface area contributed by atoms with E-state index >= 15 is 0 Å². The molecule has 7 heteroatoms. The highest BCUT2D eigenvalue weighted by atomic mass is 35.5. The van der Waals surface area contributed by atoms with Gasteiger partial charge in [0.25, 0.3) is 0 Å². The first-order chi connectivity index (χ1) is 9.98. The predicted octanol–water partition coefficient (Wildman–Crippen LogP) is 1.63. The van der Waals surface area contributed by atoms with E-state index in [0.29, 0.717) is 19.5 Å². The zero-order valence-electron chi connectivity index (χ0n) is 11.5. The molecular formula is C14H17ClN2O3S. The van der Waals surface area contributed by atoms with Gasteiger partial charge in [0.2, 0.25) is 15.9 Å². The minimum atomic E-state index is -3.61. The molecule has 2 atom stereocenters. The second-order valence-corrected chi connectivity index (χ2v) is 7.89. The number of fused-ring (bicyclic) bond motifs is 1. The van der Waals surface area contributed by atoms with Gasteiger partial charge in [-0.3, -0.25) is 4.79 Å². The maximum Gasteiger partial charge on any atom is 0.244 e. The lowest BCUT2D eigenvalue weighted by atomic mass is 9.99. The van der Waals surface area contributed by atoms with Crippen molar-refractivity contribution >= 4 is 27.5 Å². The van der Waals surface area contributed by atoms with Crippen LogP contribution in [0.25, 0.3) is 0 Å². The number of sulfonamides is 1. The molecule has 0 spiro atoms. The van der Waals surface area contributed by atoms with Crippen molar-refractivity contribution in [3.05, 3.63) is 29.3 Å². The number of rotatable bonds is 2. The molecule has 3 rings (SSSR count). The van der Waals surface area contributed by atoms with Gasteiger partial charge in [-0.15, -0.1) is 0 Å². The second-order valence-electron chi connectivity index (χ2n) is 5.58. The van der Waals surface area contributed by atoms with Crippen LogP contribution in [-0.4, -0.2) is 37.8 Å². The highest BCUT2D eigenvalue weighted by Crippen LogP contribution is 2.31. The van der Waals surface area contributed by atoms with Crippen molar-refractivity contribution in [2.75, 3.05) is 13.1 Å². The molecule has 0 saturated carbocycles. The number of hydrogen-bond donors (Lipinski definition) is 1. The summed E-state index contributed by atoms with van der Waals surface area (Å²) in [5, 5.41) is 3.16. The summed E-state index contributed by atoms with van der Waals surface area (Å²) in [7, 11) is -3.61. The third kappa shape index (κ3) is 2.80. The molecule has 2 unspecified atom stereocenters. The van der Waals surface area contributed by atoms with E-state index in [1.807, 2.05) is 0 Å². The van der Waals surface area contributed by atoms with Crippen molar-refractivity contribution < 1.29 is 13.2 Å². The number of amides is 1. The molecule has 114 valence electrons. The maximum absolute atomic E-state index is 12.7. The fourth-order valence-corrected chi connectivity index (χ4v) is 5.10. The number of benzene rings is 1. The molecule has 5 nitrogen and oxygen atoms in total. The first-order valence-corrected chi connectivity index (χ1v) is 8.84.